The van der Waals surface area contributed by atoms with Crippen molar-refractivity contribution in [2.24, 2.45) is 0 Å². The molecule has 1 N–H and O–H groups in total. The largest absolute Gasteiger partial charge is 0.492 e. The van der Waals surface area contributed by atoms with Crippen molar-refractivity contribution in [2.75, 3.05) is 13.7 Å². The van der Waals surface area contributed by atoms with Gasteiger partial charge in [0.1, 0.15) is 12.4 Å². The lowest BCUT2D eigenvalue weighted by atomic mass is 10.1. The Bertz CT molecular complexity index is 572. The highest BCUT2D eigenvalue weighted by Gasteiger charge is 2.14. The molecule has 0 aromatic heterocycles. The topological polar surface area (TPSA) is 21.3 Å². The molecule has 0 radical (unpaired) electrons. The van der Waals surface area contributed by atoms with E-state index < -0.39 is 0 Å². The van der Waals surface area contributed by atoms with Gasteiger partial charge < -0.3 is 10.1 Å². The van der Waals surface area contributed by atoms with Crippen LogP contribution in [0.5, 0.6) is 5.75 Å². The minimum absolute atomic E-state index is 0.0446. The molecule has 0 bridgehead atoms. The fourth-order valence-corrected chi connectivity index (χ4v) is 2.38. The maximum Gasteiger partial charge on any atom is 0.119 e. The van der Waals surface area contributed by atoms with E-state index in [4.69, 9.17) is 39.5 Å². The Morgan fingerprint density at radius 3 is 2.30 bits per heavy atom. The van der Waals surface area contributed by atoms with E-state index in [0.717, 1.165) is 11.3 Å². The highest BCUT2D eigenvalue weighted by molar-refractivity contribution is 6.33. The van der Waals surface area contributed by atoms with E-state index in [1.807, 2.05) is 25.2 Å². The lowest BCUT2D eigenvalue weighted by Gasteiger charge is -2.19. The molecule has 20 heavy (non-hydrogen) atoms. The average Bonchev–Trinajstić information content (AvgIpc) is 2.45. The third-order valence-corrected chi connectivity index (χ3v) is 3.74. The minimum Gasteiger partial charge on any atom is -0.492 e. The van der Waals surface area contributed by atoms with Crippen LogP contribution in [0.1, 0.15) is 11.6 Å². The molecule has 2 nitrogen and oxygen atoms in total. The number of hydrogen-bond acceptors (Lipinski definition) is 2. The number of halogens is 3. The third kappa shape index (κ3) is 4.03. The summed E-state index contributed by atoms with van der Waals surface area (Å²) in [6, 6.07) is 12.6. The minimum atomic E-state index is -0.0446. The van der Waals surface area contributed by atoms with Gasteiger partial charge in [0.05, 0.1) is 6.04 Å². The second kappa shape index (κ2) is 7.19. The molecule has 0 aliphatic carbocycles. The summed E-state index contributed by atoms with van der Waals surface area (Å²) in [6.07, 6.45) is 0. The van der Waals surface area contributed by atoms with Crippen LogP contribution < -0.4 is 10.1 Å². The van der Waals surface area contributed by atoms with Crippen LogP contribution in [-0.4, -0.2) is 13.7 Å². The van der Waals surface area contributed by atoms with Gasteiger partial charge in [-0.05, 0) is 55.1 Å². The van der Waals surface area contributed by atoms with Gasteiger partial charge in [-0.2, -0.15) is 0 Å². The molecular formula is C15H14Cl3NO. The Morgan fingerprint density at radius 1 is 1.00 bits per heavy atom. The second-order valence-electron chi connectivity index (χ2n) is 4.27. The van der Waals surface area contributed by atoms with E-state index in [2.05, 4.69) is 5.32 Å². The summed E-state index contributed by atoms with van der Waals surface area (Å²) in [7, 11) is 1.85. The molecule has 0 aliphatic rings. The number of likely N-dealkylation sites (N-methyl/N-ethyl adjacent to an activating group) is 1. The second-order valence-corrected chi connectivity index (χ2v) is 5.55. The highest BCUT2D eigenvalue weighted by Crippen LogP contribution is 2.27. The van der Waals surface area contributed by atoms with Crippen LogP contribution in [0.2, 0.25) is 15.1 Å². The molecule has 0 spiro atoms. The first kappa shape index (κ1) is 15.5. The van der Waals surface area contributed by atoms with E-state index in [0.29, 0.717) is 21.7 Å². The third-order valence-electron chi connectivity index (χ3n) is 2.91. The molecule has 2 rings (SSSR count). The zero-order chi connectivity index (χ0) is 14.5. The number of rotatable bonds is 5. The van der Waals surface area contributed by atoms with Gasteiger partial charge in [-0.1, -0.05) is 34.8 Å². The number of nitrogens with one attached hydrogen (secondary N) is 1. The van der Waals surface area contributed by atoms with Gasteiger partial charge in [0.2, 0.25) is 0 Å². The monoisotopic (exact) mass is 329 g/mol. The number of ether oxygens (including phenoxy) is 1. The normalized spacial score (nSPS) is 12.2. The van der Waals surface area contributed by atoms with Crippen LogP contribution in [0, 0.1) is 0 Å². The van der Waals surface area contributed by atoms with E-state index in [-0.39, 0.29) is 6.04 Å². The van der Waals surface area contributed by atoms with Crippen molar-refractivity contribution in [3.63, 3.8) is 0 Å². The van der Waals surface area contributed by atoms with E-state index in [1.54, 1.807) is 24.3 Å². The van der Waals surface area contributed by atoms with Gasteiger partial charge in [0.15, 0.2) is 0 Å². The zero-order valence-corrected chi connectivity index (χ0v) is 13.1. The van der Waals surface area contributed by atoms with Crippen molar-refractivity contribution in [3.8, 4) is 5.75 Å². The molecule has 0 aliphatic heterocycles. The van der Waals surface area contributed by atoms with Gasteiger partial charge in [-0.25, -0.2) is 0 Å². The zero-order valence-electron chi connectivity index (χ0n) is 10.9. The molecule has 1 atom stereocenters. The van der Waals surface area contributed by atoms with Crippen molar-refractivity contribution in [1.82, 2.24) is 5.32 Å². The number of benzene rings is 2. The average molecular weight is 331 g/mol. The smallest absolute Gasteiger partial charge is 0.119 e. The summed E-state index contributed by atoms with van der Waals surface area (Å²) >= 11 is 18.0. The molecule has 0 saturated heterocycles. The van der Waals surface area contributed by atoms with Crippen LogP contribution in [0.4, 0.5) is 0 Å². The molecule has 106 valence electrons. The molecule has 0 heterocycles. The van der Waals surface area contributed by atoms with Crippen molar-refractivity contribution < 1.29 is 4.74 Å². The Hall–Kier alpha value is -0.930. The Balaban J connectivity index is 2.09. The van der Waals surface area contributed by atoms with Crippen molar-refractivity contribution in [3.05, 3.63) is 63.1 Å². The Labute approximate surface area is 133 Å². The summed E-state index contributed by atoms with van der Waals surface area (Å²) in [6.45, 7) is 0.443. The molecule has 0 amide bonds. The lowest BCUT2D eigenvalue weighted by Crippen LogP contribution is -2.23. The van der Waals surface area contributed by atoms with Crippen molar-refractivity contribution in [2.45, 2.75) is 6.04 Å². The van der Waals surface area contributed by atoms with Crippen LogP contribution in [0.25, 0.3) is 0 Å². The predicted octanol–water partition coefficient (Wildman–Crippen LogP) is 4.99. The predicted molar refractivity (Wildman–Crippen MR) is 85.2 cm³/mol. The summed E-state index contributed by atoms with van der Waals surface area (Å²) in [5.74, 6) is 0.757. The quantitative estimate of drug-likeness (QED) is 0.834. The standard InChI is InChI=1S/C15H14Cl3NO/c1-19-15(13-8-11(17)4-7-14(13)18)9-20-12-5-2-10(16)3-6-12/h2-8,15,19H,9H2,1H3. The van der Waals surface area contributed by atoms with Crippen LogP contribution in [0.3, 0.4) is 0 Å². The number of hydrogen-bond donors (Lipinski definition) is 1. The van der Waals surface area contributed by atoms with Gasteiger partial charge in [-0.3, -0.25) is 0 Å². The van der Waals surface area contributed by atoms with Crippen LogP contribution >= 0.6 is 34.8 Å². The van der Waals surface area contributed by atoms with E-state index in [9.17, 15) is 0 Å². The van der Waals surface area contributed by atoms with Crippen molar-refractivity contribution >= 4 is 34.8 Å². The summed E-state index contributed by atoms with van der Waals surface area (Å²) < 4.78 is 5.74. The Kier molecular flexibility index (Phi) is 5.55. The fraction of sp³-hybridized carbons (Fsp3) is 0.200. The first-order valence-electron chi connectivity index (χ1n) is 6.10. The molecule has 5 heteroatoms. The van der Waals surface area contributed by atoms with E-state index >= 15 is 0 Å². The Morgan fingerprint density at radius 2 is 1.65 bits per heavy atom. The summed E-state index contributed by atoms with van der Waals surface area (Å²) in [5.41, 5.74) is 0.913. The van der Waals surface area contributed by atoms with Gasteiger partial charge in [0, 0.05) is 15.1 Å². The molecule has 1 unspecified atom stereocenters. The molecule has 2 aromatic carbocycles. The van der Waals surface area contributed by atoms with E-state index in [1.165, 1.54) is 0 Å². The molecule has 2 aromatic rings. The SMILES string of the molecule is CNC(COc1ccc(Cl)cc1)c1cc(Cl)ccc1Cl. The van der Waals surface area contributed by atoms with Gasteiger partial charge >= 0.3 is 0 Å². The first-order valence-corrected chi connectivity index (χ1v) is 7.24. The van der Waals surface area contributed by atoms with Crippen LogP contribution in [0.15, 0.2) is 42.5 Å². The molecule has 0 fully saturated rings. The van der Waals surface area contributed by atoms with Crippen LogP contribution in [-0.2, 0) is 0 Å². The molecular weight excluding hydrogens is 317 g/mol. The van der Waals surface area contributed by atoms with Gasteiger partial charge in [-0.15, -0.1) is 0 Å². The highest BCUT2D eigenvalue weighted by atomic mass is 35.5. The lowest BCUT2D eigenvalue weighted by molar-refractivity contribution is 0.273. The summed E-state index contributed by atoms with van der Waals surface area (Å²) in [4.78, 5) is 0. The van der Waals surface area contributed by atoms with Gasteiger partial charge in [0.25, 0.3) is 0 Å². The fourth-order valence-electron chi connectivity index (χ4n) is 1.82. The summed E-state index contributed by atoms with van der Waals surface area (Å²) in [5, 5.41) is 5.16. The molecule has 0 saturated carbocycles. The first-order chi connectivity index (χ1) is 9.60. The maximum atomic E-state index is 6.20. The maximum absolute atomic E-state index is 6.20. The van der Waals surface area contributed by atoms with Crippen molar-refractivity contribution in [1.29, 1.82) is 0 Å².